The topological polar surface area (TPSA) is 15.3 Å². The minimum Gasteiger partial charge on any atom is -0.383 e. The molecule has 0 atom stereocenters. The number of anilines is 2. The van der Waals surface area contributed by atoms with Crippen LogP contribution < -0.4 is 10.2 Å². The van der Waals surface area contributed by atoms with Crippen molar-refractivity contribution in [3.05, 3.63) is 58.6 Å². The summed E-state index contributed by atoms with van der Waals surface area (Å²) < 4.78 is 0. The van der Waals surface area contributed by atoms with Crippen LogP contribution in [0.2, 0.25) is 5.02 Å². The van der Waals surface area contributed by atoms with Gasteiger partial charge in [-0.1, -0.05) is 35.4 Å². The van der Waals surface area contributed by atoms with Crippen LogP contribution in [0.1, 0.15) is 11.1 Å². The first-order valence-electron chi connectivity index (χ1n) is 6.84. The molecule has 0 radical (unpaired) electrons. The van der Waals surface area contributed by atoms with Crippen molar-refractivity contribution in [1.29, 1.82) is 0 Å². The van der Waals surface area contributed by atoms with Crippen LogP contribution in [0, 0.1) is 13.8 Å². The van der Waals surface area contributed by atoms with Crippen molar-refractivity contribution in [2.75, 3.05) is 30.4 Å². The van der Waals surface area contributed by atoms with Gasteiger partial charge in [0, 0.05) is 36.5 Å². The summed E-state index contributed by atoms with van der Waals surface area (Å²) in [4.78, 5) is 2.27. The SMILES string of the molecule is Cc1ccc(N(C)CCNc2cccc(Cl)c2)c(C)c1. The molecule has 0 spiro atoms. The summed E-state index contributed by atoms with van der Waals surface area (Å²) in [6, 6.07) is 14.4. The van der Waals surface area contributed by atoms with Gasteiger partial charge in [0.05, 0.1) is 0 Å². The van der Waals surface area contributed by atoms with Gasteiger partial charge in [0.2, 0.25) is 0 Å². The summed E-state index contributed by atoms with van der Waals surface area (Å²) in [5, 5.41) is 4.15. The summed E-state index contributed by atoms with van der Waals surface area (Å²) in [6.45, 7) is 6.10. The highest BCUT2D eigenvalue weighted by Gasteiger charge is 2.04. The van der Waals surface area contributed by atoms with Gasteiger partial charge in [0.25, 0.3) is 0 Å². The molecule has 20 heavy (non-hydrogen) atoms. The first-order valence-corrected chi connectivity index (χ1v) is 7.22. The maximum atomic E-state index is 5.97. The van der Waals surface area contributed by atoms with Crippen molar-refractivity contribution < 1.29 is 0 Å². The second-order valence-corrected chi connectivity index (χ2v) is 5.59. The van der Waals surface area contributed by atoms with Crippen molar-refractivity contribution in [1.82, 2.24) is 0 Å². The predicted octanol–water partition coefficient (Wildman–Crippen LogP) is 4.51. The molecule has 0 bridgehead atoms. The Kier molecular flexibility index (Phi) is 4.91. The molecule has 0 fully saturated rings. The highest BCUT2D eigenvalue weighted by molar-refractivity contribution is 6.30. The summed E-state index contributed by atoms with van der Waals surface area (Å²) in [5.41, 5.74) is 4.96. The number of nitrogens with zero attached hydrogens (tertiary/aromatic N) is 1. The van der Waals surface area contributed by atoms with E-state index in [4.69, 9.17) is 11.6 Å². The predicted molar refractivity (Wildman–Crippen MR) is 89.1 cm³/mol. The lowest BCUT2D eigenvalue weighted by atomic mass is 10.1. The first kappa shape index (κ1) is 14.7. The molecule has 0 heterocycles. The first-order chi connectivity index (χ1) is 9.56. The zero-order valence-corrected chi connectivity index (χ0v) is 13.0. The van der Waals surface area contributed by atoms with Crippen LogP contribution in [0.15, 0.2) is 42.5 Å². The van der Waals surface area contributed by atoms with Gasteiger partial charge in [0.1, 0.15) is 0 Å². The van der Waals surface area contributed by atoms with Gasteiger partial charge in [-0.25, -0.2) is 0 Å². The van der Waals surface area contributed by atoms with Crippen molar-refractivity contribution >= 4 is 23.0 Å². The highest BCUT2D eigenvalue weighted by atomic mass is 35.5. The molecule has 0 amide bonds. The quantitative estimate of drug-likeness (QED) is 0.871. The lowest BCUT2D eigenvalue weighted by Gasteiger charge is -2.22. The summed E-state index contributed by atoms with van der Waals surface area (Å²) >= 11 is 5.97. The van der Waals surface area contributed by atoms with Crippen LogP contribution in [-0.2, 0) is 0 Å². The third-order valence-electron chi connectivity index (χ3n) is 3.36. The smallest absolute Gasteiger partial charge is 0.0426 e. The molecule has 0 aliphatic carbocycles. The fraction of sp³-hybridized carbons (Fsp3) is 0.294. The van der Waals surface area contributed by atoms with E-state index in [0.717, 1.165) is 23.8 Å². The number of rotatable bonds is 5. The molecule has 0 saturated carbocycles. The molecular weight excluding hydrogens is 268 g/mol. The maximum absolute atomic E-state index is 5.97. The number of hydrogen-bond acceptors (Lipinski definition) is 2. The van der Waals surface area contributed by atoms with E-state index in [1.807, 2.05) is 24.3 Å². The van der Waals surface area contributed by atoms with Crippen LogP contribution in [0.3, 0.4) is 0 Å². The molecule has 0 aliphatic heterocycles. The monoisotopic (exact) mass is 288 g/mol. The Morgan fingerprint density at radius 2 is 1.90 bits per heavy atom. The Morgan fingerprint density at radius 1 is 1.10 bits per heavy atom. The fourth-order valence-electron chi connectivity index (χ4n) is 2.32. The zero-order chi connectivity index (χ0) is 14.5. The van der Waals surface area contributed by atoms with Gasteiger partial charge in [-0.2, -0.15) is 0 Å². The van der Waals surface area contributed by atoms with Crippen molar-refractivity contribution in [2.45, 2.75) is 13.8 Å². The molecule has 2 nitrogen and oxygen atoms in total. The summed E-state index contributed by atoms with van der Waals surface area (Å²) in [5.74, 6) is 0. The van der Waals surface area contributed by atoms with E-state index in [1.165, 1.54) is 16.8 Å². The third kappa shape index (κ3) is 3.91. The number of nitrogens with one attached hydrogen (secondary N) is 1. The average molecular weight is 289 g/mol. The maximum Gasteiger partial charge on any atom is 0.0426 e. The van der Waals surface area contributed by atoms with Gasteiger partial charge < -0.3 is 10.2 Å². The van der Waals surface area contributed by atoms with Gasteiger partial charge in [-0.15, -0.1) is 0 Å². The molecular formula is C17H21ClN2. The van der Waals surface area contributed by atoms with Gasteiger partial charge in [-0.3, -0.25) is 0 Å². The largest absolute Gasteiger partial charge is 0.383 e. The molecule has 2 rings (SSSR count). The van der Waals surface area contributed by atoms with Gasteiger partial charge in [-0.05, 0) is 43.7 Å². The molecule has 106 valence electrons. The second-order valence-electron chi connectivity index (χ2n) is 5.15. The Morgan fingerprint density at radius 3 is 2.60 bits per heavy atom. The standard InChI is InChI=1S/C17H21ClN2/c1-13-7-8-17(14(2)11-13)20(3)10-9-19-16-6-4-5-15(18)12-16/h4-8,11-12,19H,9-10H2,1-3H3. The van der Waals surface area contributed by atoms with Gasteiger partial charge in [0.15, 0.2) is 0 Å². The highest BCUT2D eigenvalue weighted by Crippen LogP contribution is 2.20. The van der Waals surface area contributed by atoms with E-state index in [-0.39, 0.29) is 0 Å². The molecule has 3 heteroatoms. The number of hydrogen-bond donors (Lipinski definition) is 1. The van der Waals surface area contributed by atoms with E-state index in [9.17, 15) is 0 Å². The van der Waals surface area contributed by atoms with Gasteiger partial charge >= 0.3 is 0 Å². The van der Waals surface area contributed by atoms with Crippen molar-refractivity contribution in [3.8, 4) is 0 Å². The lowest BCUT2D eigenvalue weighted by Crippen LogP contribution is -2.25. The van der Waals surface area contributed by atoms with Crippen LogP contribution in [-0.4, -0.2) is 20.1 Å². The summed E-state index contributed by atoms with van der Waals surface area (Å²) in [6.07, 6.45) is 0. The lowest BCUT2D eigenvalue weighted by molar-refractivity contribution is 0.909. The molecule has 1 N–H and O–H groups in total. The van der Waals surface area contributed by atoms with Crippen LogP contribution in [0.25, 0.3) is 0 Å². The number of likely N-dealkylation sites (N-methyl/N-ethyl adjacent to an activating group) is 1. The second kappa shape index (κ2) is 6.67. The fourth-order valence-corrected chi connectivity index (χ4v) is 2.51. The molecule has 2 aromatic rings. The van der Waals surface area contributed by atoms with Crippen molar-refractivity contribution in [2.24, 2.45) is 0 Å². The Labute approximate surface area is 126 Å². The van der Waals surface area contributed by atoms with E-state index in [2.05, 4.69) is 49.3 Å². The van der Waals surface area contributed by atoms with E-state index < -0.39 is 0 Å². The van der Waals surface area contributed by atoms with E-state index in [0.29, 0.717) is 0 Å². The minimum absolute atomic E-state index is 0.762. The molecule has 0 unspecified atom stereocenters. The third-order valence-corrected chi connectivity index (χ3v) is 3.60. The summed E-state index contributed by atoms with van der Waals surface area (Å²) in [7, 11) is 2.12. The molecule has 0 saturated heterocycles. The van der Waals surface area contributed by atoms with Crippen LogP contribution in [0.4, 0.5) is 11.4 Å². The Hall–Kier alpha value is -1.67. The normalized spacial score (nSPS) is 10.4. The molecule has 2 aromatic carbocycles. The molecule has 0 aliphatic rings. The molecule has 0 aromatic heterocycles. The Bertz CT molecular complexity index is 581. The van der Waals surface area contributed by atoms with Crippen molar-refractivity contribution in [3.63, 3.8) is 0 Å². The Balaban J connectivity index is 1.90. The minimum atomic E-state index is 0.762. The van der Waals surface area contributed by atoms with E-state index in [1.54, 1.807) is 0 Å². The number of aryl methyl sites for hydroxylation is 2. The number of benzene rings is 2. The van der Waals surface area contributed by atoms with Crippen LogP contribution in [0.5, 0.6) is 0 Å². The van der Waals surface area contributed by atoms with Crippen LogP contribution >= 0.6 is 11.6 Å². The average Bonchev–Trinajstić information content (AvgIpc) is 2.38. The van der Waals surface area contributed by atoms with E-state index >= 15 is 0 Å². The number of halogens is 1. The zero-order valence-electron chi connectivity index (χ0n) is 12.3.